The smallest absolute Gasteiger partial charge is 0.208 e. The molecule has 2 heterocycles. The molecule has 0 bridgehead atoms. The number of hydrogen-bond acceptors (Lipinski definition) is 8. The van der Waals surface area contributed by atoms with Crippen LogP contribution in [0.1, 0.15) is 5.56 Å². The third-order valence-corrected chi connectivity index (χ3v) is 5.36. The maximum Gasteiger partial charge on any atom is 0.208 e. The number of rotatable bonds is 5. The Morgan fingerprint density at radius 1 is 1.52 bits per heavy atom. The molecular weight excluding hydrogens is 360 g/mol. The van der Waals surface area contributed by atoms with Crippen LogP contribution in [0.3, 0.4) is 0 Å². The van der Waals surface area contributed by atoms with Crippen molar-refractivity contribution < 1.29 is 5.11 Å². The van der Waals surface area contributed by atoms with E-state index in [1.807, 2.05) is 12.1 Å². The Labute approximate surface area is 154 Å². The summed E-state index contributed by atoms with van der Waals surface area (Å²) < 4.78 is 0. The second-order valence-electron chi connectivity index (χ2n) is 5.63. The van der Waals surface area contributed by atoms with Gasteiger partial charge in [-0.2, -0.15) is 0 Å². The Kier molecular flexibility index (Phi) is 5.64. The number of piperazine rings is 1. The highest BCUT2D eigenvalue weighted by Crippen LogP contribution is 2.34. The zero-order valence-corrected chi connectivity index (χ0v) is 15.0. The summed E-state index contributed by atoms with van der Waals surface area (Å²) in [6, 6.07) is 5.54. The highest BCUT2D eigenvalue weighted by Gasteiger charge is 2.22. The number of anilines is 1. The number of aliphatic hydroxyl groups is 1. The minimum Gasteiger partial charge on any atom is -0.404 e. The van der Waals surface area contributed by atoms with Gasteiger partial charge in [0.15, 0.2) is 5.01 Å². The summed E-state index contributed by atoms with van der Waals surface area (Å²) >= 11 is 7.87. The van der Waals surface area contributed by atoms with E-state index in [1.54, 1.807) is 6.07 Å². The minimum atomic E-state index is 0.0477. The second-order valence-corrected chi connectivity index (χ2v) is 6.99. The van der Waals surface area contributed by atoms with E-state index in [2.05, 4.69) is 20.4 Å². The molecule has 1 saturated heterocycles. The third-order valence-electron chi connectivity index (χ3n) is 4.03. The van der Waals surface area contributed by atoms with Gasteiger partial charge in [0.2, 0.25) is 5.13 Å². The Balaban J connectivity index is 1.84. The summed E-state index contributed by atoms with van der Waals surface area (Å²) in [5, 5.41) is 30.6. The van der Waals surface area contributed by atoms with Crippen LogP contribution in [0.4, 0.5) is 5.13 Å². The van der Waals surface area contributed by atoms with Crippen molar-refractivity contribution in [2.75, 3.05) is 31.1 Å². The van der Waals surface area contributed by atoms with Crippen molar-refractivity contribution in [1.82, 2.24) is 15.5 Å². The van der Waals surface area contributed by atoms with Gasteiger partial charge in [0.05, 0.1) is 11.6 Å². The average Bonchev–Trinajstić information content (AvgIpc) is 3.13. The number of benzene rings is 1. The number of nitrogens with one attached hydrogen (secondary N) is 2. The van der Waals surface area contributed by atoms with Crippen LogP contribution in [0.2, 0.25) is 5.02 Å². The summed E-state index contributed by atoms with van der Waals surface area (Å²) in [7, 11) is 0. The zero-order chi connectivity index (χ0) is 17.8. The van der Waals surface area contributed by atoms with Gasteiger partial charge in [0.1, 0.15) is 0 Å². The number of halogens is 1. The third kappa shape index (κ3) is 3.82. The molecule has 1 aromatic carbocycles. The fourth-order valence-corrected chi connectivity index (χ4v) is 3.91. The van der Waals surface area contributed by atoms with E-state index in [4.69, 9.17) is 22.7 Å². The molecule has 7 nitrogen and oxygen atoms in total. The molecule has 1 aromatic heterocycles. The first-order chi connectivity index (χ1) is 12.2. The molecule has 1 aliphatic heterocycles. The molecule has 0 amide bonds. The standard InChI is InChI=1S/C16H19ClN6OS/c17-14-5-10(11(6-18)7-19)1-2-13(14)15-21-22-16(25-15)23-4-3-20-12(8-23)9-24/h1-2,5-7,12,18,20,24H,3-4,8-9,19H2/t12-/m1/s1. The number of nitrogens with zero attached hydrogens (tertiary/aromatic N) is 3. The molecule has 1 aliphatic rings. The number of aromatic nitrogens is 2. The van der Waals surface area contributed by atoms with Crippen LogP contribution in [-0.4, -0.2) is 53.8 Å². The fourth-order valence-electron chi connectivity index (χ4n) is 2.67. The Morgan fingerprint density at radius 3 is 3.04 bits per heavy atom. The summed E-state index contributed by atoms with van der Waals surface area (Å²) in [5.74, 6) is 0. The van der Waals surface area contributed by atoms with Gasteiger partial charge in [0.25, 0.3) is 0 Å². The number of hydrogen-bond donors (Lipinski definition) is 4. The molecule has 0 spiro atoms. The van der Waals surface area contributed by atoms with Crippen LogP contribution in [0, 0.1) is 5.41 Å². The number of allylic oxidation sites excluding steroid dienone is 1. The van der Waals surface area contributed by atoms with Gasteiger partial charge < -0.3 is 26.5 Å². The van der Waals surface area contributed by atoms with Crippen molar-refractivity contribution in [3.8, 4) is 10.6 Å². The molecular formula is C16H19ClN6OS. The first-order valence-electron chi connectivity index (χ1n) is 7.81. The van der Waals surface area contributed by atoms with E-state index in [0.717, 1.165) is 34.4 Å². The maximum absolute atomic E-state index is 9.32. The van der Waals surface area contributed by atoms with Crippen LogP contribution in [0.5, 0.6) is 0 Å². The van der Waals surface area contributed by atoms with E-state index >= 15 is 0 Å². The molecule has 1 fully saturated rings. The van der Waals surface area contributed by atoms with Crippen LogP contribution in [-0.2, 0) is 0 Å². The summed E-state index contributed by atoms with van der Waals surface area (Å²) in [5.41, 5.74) is 7.69. The molecule has 2 aromatic rings. The lowest BCUT2D eigenvalue weighted by Crippen LogP contribution is -2.52. The summed E-state index contributed by atoms with van der Waals surface area (Å²) in [6.45, 7) is 2.41. The highest BCUT2D eigenvalue weighted by atomic mass is 35.5. The molecule has 132 valence electrons. The lowest BCUT2D eigenvalue weighted by molar-refractivity contribution is 0.235. The van der Waals surface area contributed by atoms with E-state index < -0.39 is 0 Å². The van der Waals surface area contributed by atoms with E-state index in [-0.39, 0.29) is 12.6 Å². The van der Waals surface area contributed by atoms with E-state index in [0.29, 0.717) is 17.1 Å². The van der Waals surface area contributed by atoms with Crippen molar-refractivity contribution in [3.05, 3.63) is 35.0 Å². The SMILES string of the molecule is N=CC(=CN)c1ccc(-c2nnc(N3CCN[C@@H](CO)C3)s2)c(Cl)c1. The average molecular weight is 379 g/mol. The molecule has 0 aliphatic carbocycles. The van der Waals surface area contributed by atoms with Gasteiger partial charge in [-0.25, -0.2) is 0 Å². The van der Waals surface area contributed by atoms with Crippen LogP contribution in [0.15, 0.2) is 24.4 Å². The molecule has 9 heteroatoms. The first-order valence-corrected chi connectivity index (χ1v) is 9.01. The molecule has 0 radical (unpaired) electrons. The van der Waals surface area contributed by atoms with E-state index in [1.165, 1.54) is 23.8 Å². The number of nitrogens with two attached hydrogens (primary N) is 1. The molecule has 0 saturated carbocycles. The van der Waals surface area contributed by atoms with Crippen molar-refractivity contribution in [2.45, 2.75) is 6.04 Å². The molecule has 25 heavy (non-hydrogen) atoms. The topological polar surface area (TPSA) is 111 Å². The molecule has 0 unspecified atom stereocenters. The monoisotopic (exact) mass is 378 g/mol. The van der Waals surface area contributed by atoms with Crippen LogP contribution < -0.4 is 16.0 Å². The minimum absolute atomic E-state index is 0.0477. The van der Waals surface area contributed by atoms with Gasteiger partial charge >= 0.3 is 0 Å². The van der Waals surface area contributed by atoms with Crippen molar-refractivity contribution in [1.29, 1.82) is 5.41 Å². The van der Waals surface area contributed by atoms with Crippen LogP contribution >= 0.6 is 22.9 Å². The Bertz CT molecular complexity index is 793. The Hall–Kier alpha value is -2.00. The van der Waals surface area contributed by atoms with Crippen molar-refractivity contribution in [2.24, 2.45) is 5.73 Å². The lowest BCUT2D eigenvalue weighted by atomic mass is 10.1. The molecule has 3 rings (SSSR count). The molecule has 1 atom stereocenters. The first kappa shape index (κ1) is 17.8. The summed E-state index contributed by atoms with van der Waals surface area (Å²) in [4.78, 5) is 2.12. The Morgan fingerprint density at radius 2 is 2.36 bits per heavy atom. The molecule has 5 N–H and O–H groups in total. The lowest BCUT2D eigenvalue weighted by Gasteiger charge is -2.32. The summed E-state index contributed by atoms with van der Waals surface area (Å²) in [6.07, 6.45) is 2.57. The normalized spacial score (nSPS) is 18.4. The number of aliphatic hydroxyl groups excluding tert-OH is 1. The van der Waals surface area contributed by atoms with Crippen LogP contribution in [0.25, 0.3) is 16.1 Å². The maximum atomic E-state index is 9.32. The highest BCUT2D eigenvalue weighted by molar-refractivity contribution is 7.18. The van der Waals surface area contributed by atoms with Gasteiger partial charge in [-0.05, 0) is 17.7 Å². The zero-order valence-electron chi connectivity index (χ0n) is 13.4. The van der Waals surface area contributed by atoms with Crippen molar-refractivity contribution >= 4 is 39.9 Å². The van der Waals surface area contributed by atoms with Crippen molar-refractivity contribution in [3.63, 3.8) is 0 Å². The fraction of sp³-hybridized carbons (Fsp3) is 0.312. The second kappa shape index (κ2) is 7.92. The van der Waals surface area contributed by atoms with Gasteiger partial charge in [-0.15, -0.1) is 10.2 Å². The quantitative estimate of drug-likeness (QED) is 0.588. The van der Waals surface area contributed by atoms with Gasteiger partial charge in [0, 0.05) is 49.2 Å². The predicted molar refractivity (Wildman–Crippen MR) is 102 cm³/mol. The largest absolute Gasteiger partial charge is 0.404 e. The van der Waals surface area contributed by atoms with E-state index in [9.17, 15) is 5.11 Å². The van der Waals surface area contributed by atoms with Gasteiger partial charge in [-0.1, -0.05) is 29.0 Å². The predicted octanol–water partition coefficient (Wildman–Crippen LogP) is 1.58. The van der Waals surface area contributed by atoms with Gasteiger partial charge in [-0.3, -0.25) is 0 Å².